The molecule has 0 radical (unpaired) electrons. The van der Waals surface area contributed by atoms with Gasteiger partial charge in [-0.3, -0.25) is 9.59 Å². The molecule has 202 valence electrons. The van der Waals surface area contributed by atoms with Gasteiger partial charge in [0.25, 0.3) is 0 Å². The van der Waals surface area contributed by atoms with Crippen LogP contribution in [0.3, 0.4) is 0 Å². The molecule has 2 amide bonds. The first-order valence-corrected chi connectivity index (χ1v) is 12.1. The number of halogens is 5. The number of imidazole rings is 1. The number of alkyl halides is 5. The van der Waals surface area contributed by atoms with E-state index in [0.717, 1.165) is 5.69 Å². The molecular formula is C24H34F5N5O2. The van der Waals surface area contributed by atoms with Crippen molar-refractivity contribution < 1.29 is 31.5 Å². The minimum absolute atomic E-state index is 0.00463. The summed E-state index contributed by atoms with van der Waals surface area (Å²) in [5.74, 6) is -3.08. The number of carbonyl (C=O) groups excluding carboxylic acids is 2. The zero-order chi connectivity index (χ0) is 26.8. The molecule has 2 heterocycles. The predicted octanol–water partition coefficient (Wildman–Crippen LogP) is 4.98. The molecular weight excluding hydrogens is 485 g/mol. The molecule has 0 aromatic carbocycles. The van der Waals surface area contributed by atoms with Crippen molar-refractivity contribution in [3.05, 3.63) is 29.7 Å². The van der Waals surface area contributed by atoms with Crippen LogP contribution in [0.25, 0.3) is 5.65 Å². The standard InChI is InChI=1S/C18H21F5N4O.C3H7NO.C3H6/c19-17(20)4-1-12(2-5-17)7-14-11-27-15(26-14)8-13(10-25-27)9-24-16(28)3-6-18(21,22)23;1-3(5)4-2;1-2-3-1/h8,10-12H,1-7,9H2,(H,24,28);1-2H3,(H,4,5);1-3H2. The summed E-state index contributed by atoms with van der Waals surface area (Å²) < 4.78 is 64.4. The lowest BCUT2D eigenvalue weighted by Crippen LogP contribution is -2.25. The quantitative estimate of drug-likeness (QED) is 0.527. The van der Waals surface area contributed by atoms with Gasteiger partial charge in [0, 0.05) is 39.8 Å². The van der Waals surface area contributed by atoms with Crippen LogP contribution in [0.2, 0.25) is 0 Å². The van der Waals surface area contributed by atoms with E-state index in [4.69, 9.17) is 0 Å². The molecule has 2 aliphatic rings. The number of amides is 2. The van der Waals surface area contributed by atoms with Crippen LogP contribution in [0.5, 0.6) is 0 Å². The fourth-order valence-electron chi connectivity index (χ4n) is 3.30. The van der Waals surface area contributed by atoms with Gasteiger partial charge in [0.05, 0.1) is 24.5 Å². The lowest BCUT2D eigenvalue weighted by molar-refractivity contribution is -0.144. The zero-order valence-electron chi connectivity index (χ0n) is 20.6. The van der Waals surface area contributed by atoms with Gasteiger partial charge >= 0.3 is 6.18 Å². The van der Waals surface area contributed by atoms with E-state index in [9.17, 15) is 31.5 Å². The molecule has 0 aliphatic heterocycles. The highest BCUT2D eigenvalue weighted by Gasteiger charge is 2.35. The van der Waals surface area contributed by atoms with Gasteiger partial charge in [-0.05, 0) is 36.8 Å². The molecule has 2 aromatic heterocycles. The van der Waals surface area contributed by atoms with E-state index < -0.39 is 30.8 Å². The normalized spacial score (nSPS) is 16.8. The molecule has 0 saturated heterocycles. The second-order valence-electron chi connectivity index (χ2n) is 9.16. The molecule has 0 atom stereocenters. The Balaban J connectivity index is 0.000000490. The second kappa shape index (κ2) is 13.5. The fourth-order valence-corrected chi connectivity index (χ4v) is 3.30. The number of hydrogen-bond acceptors (Lipinski definition) is 4. The van der Waals surface area contributed by atoms with Gasteiger partial charge in [0.15, 0.2) is 5.65 Å². The average molecular weight is 520 g/mol. The Bertz CT molecular complexity index is 978. The van der Waals surface area contributed by atoms with E-state index in [-0.39, 0.29) is 31.2 Å². The number of fused-ring (bicyclic) bond motifs is 1. The Kier molecular flexibility index (Phi) is 11.0. The summed E-state index contributed by atoms with van der Waals surface area (Å²) in [5, 5.41) is 9.00. The fraction of sp³-hybridized carbons (Fsp3) is 0.667. The highest BCUT2D eigenvalue weighted by Crippen LogP contribution is 2.37. The molecule has 7 nitrogen and oxygen atoms in total. The van der Waals surface area contributed by atoms with Crippen molar-refractivity contribution in [3.63, 3.8) is 0 Å². The first-order valence-electron chi connectivity index (χ1n) is 12.1. The molecule has 12 heteroatoms. The maximum absolute atomic E-state index is 13.2. The molecule has 2 aliphatic carbocycles. The summed E-state index contributed by atoms with van der Waals surface area (Å²) in [6.07, 6.45) is 2.94. The van der Waals surface area contributed by atoms with Gasteiger partial charge in [-0.25, -0.2) is 18.3 Å². The maximum atomic E-state index is 13.2. The number of carbonyl (C=O) groups is 2. The molecule has 0 bridgehead atoms. The van der Waals surface area contributed by atoms with E-state index in [2.05, 4.69) is 20.7 Å². The number of nitrogens with zero attached hydrogens (tertiary/aromatic N) is 3. The molecule has 2 aromatic rings. The Hall–Kier alpha value is -2.79. The van der Waals surface area contributed by atoms with Crippen LogP contribution in [0, 0.1) is 5.92 Å². The summed E-state index contributed by atoms with van der Waals surface area (Å²) in [6.45, 7) is 1.53. The van der Waals surface area contributed by atoms with Crippen LogP contribution in [0.1, 0.15) is 76.0 Å². The largest absolute Gasteiger partial charge is 0.389 e. The Morgan fingerprint density at radius 2 is 1.78 bits per heavy atom. The summed E-state index contributed by atoms with van der Waals surface area (Å²) in [6, 6.07) is 1.69. The van der Waals surface area contributed by atoms with Crippen LogP contribution in [-0.4, -0.2) is 45.6 Å². The van der Waals surface area contributed by atoms with Crippen molar-refractivity contribution in [1.82, 2.24) is 25.2 Å². The first kappa shape index (κ1) is 29.4. The van der Waals surface area contributed by atoms with Crippen LogP contribution in [-0.2, 0) is 22.6 Å². The topological polar surface area (TPSA) is 88.4 Å². The van der Waals surface area contributed by atoms with Crippen molar-refractivity contribution >= 4 is 17.5 Å². The van der Waals surface area contributed by atoms with Crippen LogP contribution >= 0.6 is 0 Å². The number of nitrogens with one attached hydrogen (secondary N) is 2. The minimum Gasteiger partial charge on any atom is -0.359 e. The van der Waals surface area contributed by atoms with Gasteiger partial charge in [-0.1, -0.05) is 19.3 Å². The van der Waals surface area contributed by atoms with Crippen LogP contribution in [0.4, 0.5) is 22.0 Å². The summed E-state index contributed by atoms with van der Waals surface area (Å²) in [5.41, 5.74) is 1.91. The number of hydrogen-bond donors (Lipinski definition) is 2. The minimum atomic E-state index is -4.36. The smallest absolute Gasteiger partial charge is 0.359 e. The third-order valence-electron chi connectivity index (χ3n) is 5.59. The third-order valence-corrected chi connectivity index (χ3v) is 5.59. The SMILES string of the molecule is C1CC1.CNC(C)=O.O=C(CCC(F)(F)F)NCc1cnn2cc(CC3CCC(F)(F)CC3)nc2c1. The molecule has 0 unspecified atom stereocenters. The van der Waals surface area contributed by atoms with Gasteiger partial charge < -0.3 is 10.6 Å². The van der Waals surface area contributed by atoms with E-state index in [1.165, 1.54) is 32.4 Å². The van der Waals surface area contributed by atoms with E-state index in [1.807, 2.05) is 0 Å². The van der Waals surface area contributed by atoms with Crippen LogP contribution in [0.15, 0.2) is 18.5 Å². The Labute approximate surface area is 207 Å². The molecule has 36 heavy (non-hydrogen) atoms. The number of rotatable bonds is 6. The molecule has 2 N–H and O–H groups in total. The molecule has 2 saturated carbocycles. The first-order chi connectivity index (χ1) is 16.9. The Morgan fingerprint density at radius 1 is 1.17 bits per heavy atom. The van der Waals surface area contributed by atoms with Gasteiger partial charge in [0.1, 0.15) is 0 Å². The molecule has 0 spiro atoms. The maximum Gasteiger partial charge on any atom is 0.389 e. The summed E-state index contributed by atoms with van der Waals surface area (Å²) >= 11 is 0. The number of aromatic nitrogens is 3. The molecule has 2 fully saturated rings. The Morgan fingerprint density at radius 3 is 2.31 bits per heavy atom. The van der Waals surface area contributed by atoms with Crippen molar-refractivity contribution in [2.45, 2.75) is 89.8 Å². The average Bonchev–Trinajstić information content (AvgIpc) is 3.64. The lowest BCUT2D eigenvalue weighted by Gasteiger charge is -2.27. The monoisotopic (exact) mass is 519 g/mol. The van der Waals surface area contributed by atoms with E-state index >= 15 is 0 Å². The van der Waals surface area contributed by atoms with Crippen molar-refractivity contribution in [2.24, 2.45) is 5.92 Å². The third kappa shape index (κ3) is 12.3. The van der Waals surface area contributed by atoms with Crippen molar-refractivity contribution in [3.8, 4) is 0 Å². The highest BCUT2D eigenvalue weighted by atomic mass is 19.4. The van der Waals surface area contributed by atoms with E-state index in [0.29, 0.717) is 30.5 Å². The van der Waals surface area contributed by atoms with Crippen molar-refractivity contribution in [2.75, 3.05) is 7.05 Å². The van der Waals surface area contributed by atoms with Gasteiger partial charge in [-0.2, -0.15) is 18.3 Å². The van der Waals surface area contributed by atoms with E-state index in [1.54, 1.807) is 23.8 Å². The summed E-state index contributed by atoms with van der Waals surface area (Å²) in [4.78, 5) is 25.6. The molecule has 4 rings (SSSR count). The summed E-state index contributed by atoms with van der Waals surface area (Å²) in [7, 11) is 1.60. The lowest BCUT2D eigenvalue weighted by atomic mass is 9.84. The van der Waals surface area contributed by atoms with Gasteiger partial charge in [0.2, 0.25) is 17.7 Å². The second-order valence-corrected chi connectivity index (χ2v) is 9.16. The van der Waals surface area contributed by atoms with Gasteiger partial charge in [-0.15, -0.1) is 0 Å². The van der Waals surface area contributed by atoms with Crippen LogP contribution < -0.4 is 10.6 Å². The highest BCUT2D eigenvalue weighted by molar-refractivity contribution is 5.75. The van der Waals surface area contributed by atoms with Crippen molar-refractivity contribution in [1.29, 1.82) is 0 Å². The predicted molar refractivity (Wildman–Crippen MR) is 124 cm³/mol. The zero-order valence-corrected chi connectivity index (χ0v) is 20.6.